The van der Waals surface area contributed by atoms with Gasteiger partial charge in [-0.1, -0.05) is 6.07 Å². The van der Waals surface area contributed by atoms with Crippen molar-refractivity contribution in [2.45, 2.75) is 5.92 Å². The summed E-state index contributed by atoms with van der Waals surface area (Å²) in [5, 5.41) is 22.0. The molecule has 23 heavy (non-hydrogen) atoms. The Morgan fingerprint density at radius 1 is 1.26 bits per heavy atom. The molecule has 10 heteroatoms. The molecule has 0 amide bonds. The Morgan fingerprint density at radius 2 is 1.91 bits per heavy atom. The molecule has 2 rings (SSSR count). The number of H-pyrrole nitrogens is 1. The molecule has 0 radical (unpaired) electrons. The molecule has 1 heterocycles. The Bertz CT molecular complexity index is 739. The van der Waals surface area contributed by atoms with Gasteiger partial charge in [-0.25, -0.2) is 4.79 Å². The molecular weight excluding hydrogens is 310 g/mol. The third-order valence-electron chi connectivity index (χ3n) is 3.24. The van der Waals surface area contributed by atoms with Crippen LogP contribution in [0.1, 0.15) is 11.5 Å². The minimum absolute atomic E-state index is 0.113. The van der Waals surface area contributed by atoms with Crippen molar-refractivity contribution in [3.63, 3.8) is 0 Å². The van der Waals surface area contributed by atoms with E-state index in [4.69, 9.17) is 4.74 Å². The predicted molar refractivity (Wildman–Crippen MR) is 77.8 cm³/mol. The molecule has 10 nitrogen and oxygen atoms in total. The van der Waals surface area contributed by atoms with Gasteiger partial charge in [-0.05, 0) is 17.7 Å². The third-order valence-corrected chi connectivity index (χ3v) is 3.24. The second-order valence-corrected chi connectivity index (χ2v) is 4.71. The zero-order chi connectivity index (χ0) is 17.0. The summed E-state index contributed by atoms with van der Waals surface area (Å²) >= 11 is 0. The number of carbonyl (C=O) groups is 1. The van der Waals surface area contributed by atoms with Crippen LogP contribution in [0.3, 0.4) is 0 Å². The molecule has 0 spiro atoms. The van der Waals surface area contributed by atoms with E-state index in [2.05, 4.69) is 9.72 Å². The quantitative estimate of drug-likeness (QED) is 0.371. The number of nitrogens with zero attached hydrogens (tertiary/aromatic N) is 2. The van der Waals surface area contributed by atoms with E-state index in [1.165, 1.54) is 12.3 Å². The molecular formula is C13H13N3O7. The zero-order valence-electron chi connectivity index (χ0n) is 12.1. The summed E-state index contributed by atoms with van der Waals surface area (Å²) in [5.41, 5.74) is 0.881. The van der Waals surface area contributed by atoms with Crippen LogP contribution in [0.15, 0.2) is 24.4 Å². The summed E-state index contributed by atoms with van der Waals surface area (Å²) < 4.78 is 9.44. The lowest BCUT2D eigenvalue weighted by Crippen LogP contribution is -2.20. The average molecular weight is 323 g/mol. The second-order valence-electron chi connectivity index (χ2n) is 4.71. The van der Waals surface area contributed by atoms with Crippen molar-refractivity contribution in [2.24, 2.45) is 0 Å². The van der Waals surface area contributed by atoms with E-state index in [-0.39, 0.29) is 5.75 Å². The molecule has 2 aromatic rings. The van der Waals surface area contributed by atoms with Gasteiger partial charge in [0.15, 0.2) is 0 Å². The van der Waals surface area contributed by atoms with Gasteiger partial charge in [-0.3, -0.25) is 20.2 Å². The van der Waals surface area contributed by atoms with Crippen molar-refractivity contribution in [2.75, 3.05) is 20.2 Å². The van der Waals surface area contributed by atoms with Crippen LogP contribution in [0.4, 0.5) is 4.79 Å². The van der Waals surface area contributed by atoms with Crippen LogP contribution < -0.4 is 4.74 Å². The average Bonchev–Trinajstić information content (AvgIpc) is 2.90. The number of benzene rings is 1. The van der Waals surface area contributed by atoms with Gasteiger partial charge >= 0.3 is 6.16 Å². The number of carbonyl (C=O) groups excluding carboxylic acids is 1. The number of hydrogen-bond acceptors (Lipinski definition) is 7. The van der Waals surface area contributed by atoms with E-state index in [1.54, 1.807) is 12.1 Å². The normalized spacial score (nSPS) is 10.7. The number of aromatic nitrogens is 1. The van der Waals surface area contributed by atoms with Crippen molar-refractivity contribution >= 4 is 17.1 Å². The molecule has 0 saturated carbocycles. The van der Waals surface area contributed by atoms with Crippen molar-refractivity contribution in [1.82, 2.24) is 4.98 Å². The van der Waals surface area contributed by atoms with Gasteiger partial charge in [0.25, 0.3) is 0 Å². The molecule has 0 aliphatic rings. The van der Waals surface area contributed by atoms with Crippen molar-refractivity contribution < 1.29 is 24.1 Å². The molecule has 1 aromatic carbocycles. The predicted octanol–water partition coefficient (Wildman–Crippen LogP) is 1.95. The first kappa shape index (κ1) is 16.2. The van der Waals surface area contributed by atoms with Gasteiger partial charge < -0.3 is 14.5 Å². The number of ether oxygens (including phenoxy) is 2. The third kappa shape index (κ3) is 3.73. The fraction of sp³-hybridized carbons (Fsp3) is 0.308. The fourth-order valence-corrected chi connectivity index (χ4v) is 2.33. The van der Waals surface area contributed by atoms with Crippen LogP contribution in [0.5, 0.6) is 5.75 Å². The zero-order valence-corrected chi connectivity index (χ0v) is 12.1. The first-order valence-electron chi connectivity index (χ1n) is 6.51. The smallest absolute Gasteiger partial charge is 0.437 e. The van der Waals surface area contributed by atoms with Gasteiger partial charge in [0.2, 0.25) is 13.1 Å². The standard InChI is InChI=1S/C13H13N3O7/c1-22-13(17)23-11-4-2-3-10-12(11)9(5-14-10)8(6-15(18)19)7-16(20)21/h2-5,8,14H,6-7H2,1H3. The largest absolute Gasteiger partial charge is 0.513 e. The Kier molecular flexibility index (Phi) is 4.74. The van der Waals surface area contributed by atoms with E-state index in [0.717, 1.165) is 7.11 Å². The van der Waals surface area contributed by atoms with Crippen molar-refractivity contribution in [1.29, 1.82) is 0 Å². The van der Waals surface area contributed by atoms with Gasteiger partial charge in [0.1, 0.15) is 11.7 Å². The topological polar surface area (TPSA) is 138 Å². The molecule has 0 fully saturated rings. The highest BCUT2D eigenvalue weighted by atomic mass is 16.7. The summed E-state index contributed by atoms with van der Waals surface area (Å²) in [7, 11) is 1.14. The number of hydrogen-bond donors (Lipinski definition) is 1. The lowest BCUT2D eigenvalue weighted by Gasteiger charge is -2.10. The van der Waals surface area contributed by atoms with Crippen LogP contribution in [0.2, 0.25) is 0 Å². The maximum Gasteiger partial charge on any atom is 0.513 e. The molecule has 0 bridgehead atoms. The van der Waals surface area contributed by atoms with Crippen molar-refractivity contribution in [3.8, 4) is 5.75 Å². The number of methoxy groups -OCH3 is 1. The maximum absolute atomic E-state index is 11.3. The Balaban J connectivity index is 2.51. The number of nitro groups is 2. The lowest BCUT2D eigenvalue weighted by atomic mass is 9.98. The van der Waals surface area contributed by atoms with E-state index in [9.17, 15) is 25.0 Å². The summed E-state index contributed by atoms with van der Waals surface area (Å²) in [6.07, 6.45) is 0.497. The molecule has 0 unspecified atom stereocenters. The summed E-state index contributed by atoms with van der Waals surface area (Å²) in [6, 6.07) is 4.75. The molecule has 1 N–H and O–H groups in total. The lowest BCUT2D eigenvalue weighted by molar-refractivity contribution is -0.516. The van der Waals surface area contributed by atoms with E-state index >= 15 is 0 Å². The molecule has 0 aliphatic carbocycles. The van der Waals surface area contributed by atoms with Crippen LogP contribution in [-0.2, 0) is 4.74 Å². The summed E-state index contributed by atoms with van der Waals surface area (Å²) in [6.45, 7) is -1.22. The molecule has 0 saturated heterocycles. The Morgan fingerprint density at radius 3 is 2.48 bits per heavy atom. The van der Waals surface area contributed by atoms with Gasteiger partial charge in [-0.15, -0.1) is 0 Å². The van der Waals surface area contributed by atoms with E-state index in [0.29, 0.717) is 16.5 Å². The first-order valence-corrected chi connectivity index (χ1v) is 6.51. The molecule has 0 atom stereocenters. The molecule has 122 valence electrons. The highest BCUT2D eigenvalue weighted by Gasteiger charge is 2.28. The number of aromatic amines is 1. The van der Waals surface area contributed by atoms with Gasteiger partial charge in [0, 0.05) is 26.9 Å². The highest BCUT2D eigenvalue weighted by molar-refractivity contribution is 5.91. The Labute approximate surface area is 129 Å². The minimum Gasteiger partial charge on any atom is -0.437 e. The number of nitrogens with one attached hydrogen (secondary N) is 1. The summed E-state index contributed by atoms with van der Waals surface area (Å²) in [5.74, 6) is -0.849. The van der Waals surface area contributed by atoms with Crippen LogP contribution >= 0.6 is 0 Å². The SMILES string of the molecule is COC(=O)Oc1cccc2[nH]cc(C(C[N+](=O)[O-])C[N+](=O)[O-])c12. The number of rotatable bonds is 6. The van der Waals surface area contributed by atoms with Crippen LogP contribution in [-0.4, -0.2) is 41.2 Å². The monoisotopic (exact) mass is 323 g/mol. The molecule has 1 aromatic heterocycles. The van der Waals surface area contributed by atoms with Gasteiger partial charge in [0.05, 0.1) is 7.11 Å². The van der Waals surface area contributed by atoms with Gasteiger partial charge in [-0.2, -0.15) is 0 Å². The van der Waals surface area contributed by atoms with E-state index in [1.807, 2.05) is 0 Å². The number of fused-ring (bicyclic) bond motifs is 1. The van der Waals surface area contributed by atoms with Crippen LogP contribution in [0, 0.1) is 20.2 Å². The van der Waals surface area contributed by atoms with E-state index < -0.39 is 35.0 Å². The molecule has 0 aliphatic heterocycles. The highest BCUT2D eigenvalue weighted by Crippen LogP contribution is 2.33. The summed E-state index contributed by atoms with van der Waals surface area (Å²) in [4.78, 5) is 34.6. The Hall–Kier alpha value is -3.17. The minimum atomic E-state index is -0.962. The fourth-order valence-electron chi connectivity index (χ4n) is 2.33. The van der Waals surface area contributed by atoms with Crippen molar-refractivity contribution in [3.05, 3.63) is 50.2 Å². The second kappa shape index (κ2) is 6.73. The first-order chi connectivity index (χ1) is 10.9. The van der Waals surface area contributed by atoms with Crippen LogP contribution in [0.25, 0.3) is 10.9 Å². The maximum atomic E-state index is 11.3.